The molecule has 0 saturated carbocycles. The van der Waals surface area contributed by atoms with E-state index in [2.05, 4.69) is 45.0 Å². The first kappa shape index (κ1) is 19.0. The van der Waals surface area contributed by atoms with Crippen LogP contribution in [0.1, 0.15) is 16.7 Å². The standard InChI is InChI=1S/C19H20IN3O2/c1-3-5-14-6-4-7-15(19(14)25)11-22-23-18(24)12-21-16-8-9-17(20)13(2)10-16/h3-4,6-11,21,25H,1,5,12H2,2H3,(H,23,24)/b22-11+. The fourth-order valence-corrected chi connectivity index (χ4v) is 2.52. The molecule has 0 aliphatic heterocycles. The number of amides is 1. The van der Waals surface area contributed by atoms with Crippen molar-refractivity contribution >= 4 is 40.4 Å². The molecule has 6 heteroatoms. The summed E-state index contributed by atoms with van der Waals surface area (Å²) in [4.78, 5) is 11.8. The number of hydrogen-bond donors (Lipinski definition) is 3. The topological polar surface area (TPSA) is 73.7 Å². The normalized spacial score (nSPS) is 10.6. The minimum absolute atomic E-state index is 0.111. The second-order valence-corrected chi connectivity index (χ2v) is 6.62. The van der Waals surface area contributed by atoms with E-state index in [1.165, 1.54) is 9.78 Å². The van der Waals surface area contributed by atoms with Crippen molar-refractivity contribution in [3.8, 4) is 5.75 Å². The number of rotatable bonds is 7. The Morgan fingerprint density at radius 3 is 2.88 bits per heavy atom. The lowest BCUT2D eigenvalue weighted by atomic mass is 10.1. The van der Waals surface area contributed by atoms with Crippen LogP contribution in [0.5, 0.6) is 5.75 Å². The van der Waals surface area contributed by atoms with E-state index in [4.69, 9.17) is 0 Å². The molecule has 5 nitrogen and oxygen atoms in total. The molecule has 25 heavy (non-hydrogen) atoms. The smallest absolute Gasteiger partial charge is 0.259 e. The van der Waals surface area contributed by atoms with Crippen molar-refractivity contribution in [1.29, 1.82) is 0 Å². The summed E-state index contributed by atoms with van der Waals surface area (Å²) in [7, 11) is 0. The third-order valence-corrected chi connectivity index (χ3v) is 4.73. The van der Waals surface area contributed by atoms with Gasteiger partial charge in [0.25, 0.3) is 5.91 Å². The number of aryl methyl sites for hydroxylation is 1. The second kappa shape index (κ2) is 9.22. The van der Waals surface area contributed by atoms with E-state index in [1.54, 1.807) is 12.1 Å². The Hall–Kier alpha value is -2.35. The number of phenols is 1. The number of hydrazone groups is 1. The molecule has 0 aliphatic carbocycles. The monoisotopic (exact) mass is 449 g/mol. The number of halogens is 1. The Balaban J connectivity index is 1.89. The molecule has 0 saturated heterocycles. The molecular formula is C19H20IN3O2. The van der Waals surface area contributed by atoms with Gasteiger partial charge in [-0.05, 0) is 71.3 Å². The number of phenolic OH excluding ortho intramolecular Hbond substituents is 1. The average molecular weight is 449 g/mol. The van der Waals surface area contributed by atoms with Crippen LogP contribution in [-0.4, -0.2) is 23.8 Å². The van der Waals surface area contributed by atoms with Crippen LogP contribution >= 0.6 is 22.6 Å². The Morgan fingerprint density at radius 1 is 1.36 bits per heavy atom. The molecule has 2 aromatic rings. The average Bonchev–Trinajstić information content (AvgIpc) is 2.59. The van der Waals surface area contributed by atoms with Crippen LogP contribution in [0.4, 0.5) is 5.69 Å². The van der Waals surface area contributed by atoms with Crippen molar-refractivity contribution < 1.29 is 9.90 Å². The van der Waals surface area contributed by atoms with E-state index in [9.17, 15) is 9.90 Å². The van der Waals surface area contributed by atoms with Crippen LogP contribution in [0, 0.1) is 10.5 Å². The second-order valence-electron chi connectivity index (χ2n) is 5.46. The van der Waals surface area contributed by atoms with E-state index in [1.807, 2.05) is 37.3 Å². The van der Waals surface area contributed by atoms with Gasteiger partial charge < -0.3 is 10.4 Å². The Morgan fingerprint density at radius 2 is 2.16 bits per heavy atom. The van der Waals surface area contributed by atoms with Gasteiger partial charge in [-0.1, -0.05) is 18.2 Å². The van der Waals surface area contributed by atoms with Gasteiger partial charge in [-0.25, -0.2) is 5.43 Å². The molecule has 0 atom stereocenters. The number of anilines is 1. The number of allylic oxidation sites excluding steroid dienone is 1. The van der Waals surface area contributed by atoms with Crippen molar-refractivity contribution in [2.24, 2.45) is 5.10 Å². The largest absolute Gasteiger partial charge is 0.507 e. The molecule has 0 radical (unpaired) electrons. The van der Waals surface area contributed by atoms with Crippen molar-refractivity contribution in [2.45, 2.75) is 13.3 Å². The molecule has 0 unspecified atom stereocenters. The molecule has 2 aromatic carbocycles. The van der Waals surface area contributed by atoms with E-state index >= 15 is 0 Å². The summed E-state index contributed by atoms with van der Waals surface area (Å²) < 4.78 is 1.18. The molecule has 0 fully saturated rings. The highest BCUT2D eigenvalue weighted by Crippen LogP contribution is 2.21. The predicted octanol–water partition coefficient (Wildman–Crippen LogP) is 3.60. The number of carbonyl (C=O) groups excluding carboxylic acids is 1. The van der Waals surface area contributed by atoms with Gasteiger partial charge >= 0.3 is 0 Å². The molecular weight excluding hydrogens is 429 g/mol. The minimum atomic E-state index is -0.269. The molecule has 0 spiro atoms. The summed E-state index contributed by atoms with van der Waals surface area (Å²) in [6, 6.07) is 11.3. The summed E-state index contributed by atoms with van der Waals surface area (Å²) in [5.74, 6) is -0.123. The van der Waals surface area contributed by atoms with E-state index in [0.29, 0.717) is 12.0 Å². The van der Waals surface area contributed by atoms with Gasteiger partial charge in [-0.15, -0.1) is 6.58 Å². The number of benzene rings is 2. The third-order valence-electron chi connectivity index (χ3n) is 3.52. The quantitative estimate of drug-likeness (QED) is 0.262. The lowest BCUT2D eigenvalue weighted by Crippen LogP contribution is -2.25. The van der Waals surface area contributed by atoms with Crippen LogP contribution < -0.4 is 10.7 Å². The summed E-state index contributed by atoms with van der Waals surface area (Å²) in [5.41, 5.74) is 5.78. The third kappa shape index (κ3) is 5.60. The summed E-state index contributed by atoms with van der Waals surface area (Å²) in [6.45, 7) is 5.79. The highest BCUT2D eigenvalue weighted by atomic mass is 127. The minimum Gasteiger partial charge on any atom is -0.507 e. The fourth-order valence-electron chi connectivity index (χ4n) is 2.19. The molecule has 0 bridgehead atoms. The van der Waals surface area contributed by atoms with Gasteiger partial charge in [0.1, 0.15) is 5.75 Å². The number of para-hydroxylation sites is 1. The maximum atomic E-state index is 11.8. The predicted molar refractivity (Wildman–Crippen MR) is 110 cm³/mol. The van der Waals surface area contributed by atoms with Crippen LogP contribution in [-0.2, 0) is 11.2 Å². The zero-order chi connectivity index (χ0) is 18.2. The Labute approximate surface area is 161 Å². The van der Waals surface area contributed by atoms with Crippen LogP contribution in [0.15, 0.2) is 54.2 Å². The first-order valence-electron chi connectivity index (χ1n) is 7.75. The van der Waals surface area contributed by atoms with Gasteiger partial charge in [0.2, 0.25) is 0 Å². The number of nitrogens with one attached hydrogen (secondary N) is 2. The molecule has 130 valence electrons. The Bertz CT molecular complexity index is 803. The van der Waals surface area contributed by atoms with Crippen molar-refractivity contribution in [2.75, 3.05) is 11.9 Å². The van der Waals surface area contributed by atoms with E-state index < -0.39 is 0 Å². The van der Waals surface area contributed by atoms with E-state index in [0.717, 1.165) is 16.8 Å². The summed E-state index contributed by atoms with van der Waals surface area (Å²) in [5, 5.41) is 17.1. The highest BCUT2D eigenvalue weighted by Gasteiger charge is 2.04. The molecule has 0 heterocycles. The van der Waals surface area contributed by atoms with Crippen LogP contribution in [0.3, 0.4) is 0 Å². The fraction of sp³-hybridized carbons (Fsp3) is 0.158. The van der Waals surface area contributed by atoms with Gasteiger partial charge in [-0.3, -0.25) is 4.79 Å². The lowest BCUT2D eigenvalue weighted by Gasteiger charge is -2.07. The first-order chi connectivity index (χ1) is 12.0. The summed E-state index contributed by atoms with van der Waals surface area (Å²) in [6.07, 6.45) is 3.71. The Kier molecular flexibility index (Phi) is 7.00. The van der Waals surface area contributed by atoms with Crippen molar-refractivity contribution in [3.63, 3.8) is 0 Å². The molecule has 3 N–H and O–H groups in total. The van der Waals surface area contributed by atoms with Gasteiger partial charge in [0, 0.05) is 14.8 Å². The van der Waals surface area contributed by atoms with E-state index in [-0.39, 0.29) is 18.2 Å². The number of nitrogens with zero attached hydrogens (tertiary/aromatic N) is 1. The zero-order valence-corrected chi connectivity index (χ0v) is 16.1. The zero-order valence-electron chi connectivity index (χ0n) is 13.9. The van der Waals surface area contributed by atoms with Crippen molar-refractivity contribution in [3.05, 3.63) is 69.3 Å². The number of hydrogen-bond acceptors (Lipinski definition) is 4. The van der Waals surface area contributed by atoms with Gasteiger partial charge in [0.15, 0.2) is 0 Å². The van der Waals surface area contributed by atoms with Gasteiger partial charge in [0.05, 0.1) is 12.8 Å². The molecule has 1 amide bonds. The van der Waals surface area contributed by atoms with Crippen molar-refractivity contribution in [1.82, 2.24) is 5.43 Å². The van der Waals surface area contributed by atoms with Gasteiger partial charge in [-0.2, -0.15) is 5.10 Å². The molecule has 0 aromatic heterocycles. The highest BCUT2D eigenvalue weighted by molar-refractivity contribution is 14.1. The SMILES string of the molecule is C=CCc1cccc(/C=N/NC(=O)CNc2ccc(I)c(C)c2)c1O. The maximum absolute atomic E-state index is 11.8. The summed E-state index contributed by atoms with van der Waals surface area (Å²) >= 11 is 2.26. The number of aromatic hydroxyl groups is 1. The lowest BCUT2D eigenvalue weighted by molar-refractivity contribution is -0.119. The maximum Gasteiger partial charge on any atom is 0.259 e. The first-order valence-corrected chi connectivity index (χ1v) is 8.83. The van der Waals surface area contributed by atoms with Crippen LogP contribution in [0.2, 0.25) is 0 Å². The molecule has 2 rings (SSSR count). The molecule has 0 aliphatic rings. The van der Waals surface area contributed by atoms with Crippen LogP contribution in [0.25, 0.3) is 0 Å². The number of carbonyl (C=O) groups is 1.